The number of rotatable bonds is 2. The van der Waals surface area contributed by atoms with E-state index in [1.807, 2.05) is 6.07 Å². The molecule has 0 unspecified atom stereocenters. The number of sulfone groups is 1. The van der Waals surface area contributed by atoms with E-state index in [2.05, 4.69) is 0 Å². The Labute approximate surface area is 151 Å². The molecule has 138 valence electrons. The van der Waals surface area contributed by atoms with Crippen molar-refractivity contribution in [2.24, 2.45) is 0 Å². The highest BCUT2D eigenvalue weighted by molar-refractivity contribution is 7.92. The predicted octanol–water partition coefficient (Wildman–Crippen LogP) is 2.01. The minimum Gasteiger partial charge on any atom is -0.483 e. The van der Waals surface area contributed by atoms with Crippen molar-refractivity contribution in [3.8, 4) is 0 Å². The number of nitro groups is 1. The molecule has 7 nitrogen and oxygen atoms in total. The maximum Gasteiger partial charge on any atom is 0.266 e. The molecule has 4 atom stereocenters. The largest absolute Gasteiger partial charge is 0.483 e. The number of ether oxygens (including phenoxy) is 1. The van der Waals surface area contributed by atoms with E-state index in [4.69, 9.17) is 4.74 Å². The van der Waals surface area contributed by atoms with Gasteiger partial charge < -0.3 is 4.74 Å². The van der Waals surface area contributed by atoms with Crippen LogP contribution in [0.3, 0.4) is 0 Å². The Morgan fingerprint density at radius 3 is 2.58 bits per heavy atom. The summed E-state index contributed by atoms with van der Waals surface area (Å²) in [5.41, 5.74) is -0.418. The number of benzene rings is 1. The van der Waals surface area contributed by atoms with E-state index in [1.165, 1.54) is 6.92 Å². The van der Waals surface area contributed by atoms with Crippen LogP contribution in [-0.4, -0.2) is 41.8 Å². The van der Waals surface area contributed by atoms with Crippen molar-refractivity contribution in [3.05, 3.63) is 57.3 Å². The molecule has 0 saturated carbocycles. The molecule has 0 N–H and O–H groups in total. The molecule has 0 aromatic heterocycles. The zero-order chi connectivity index (χ0) is 18.7. The average molecular weight is 377 g/mol. The Morgan fingerprint density at radius 1 is 1.23 bits per heavy atom. The molecule has 1 aromatic carbocycles. The van der Waals surface area contributed by atoms with E-state index in [0.717, 1.165) is 0 Å². The van der Waals surface area contributed by atoms with Crippen molar-refractivity contribution in [2.45, 2.75) is 49.0 Å². The summed E-state index contributed by atoms with van der Waals surface area (Å²) in [6, 6.07) is 7.57. The molecule has 2 aliphatic heterocycles. The molecular weight excluding hydrogens is 358 g/mol. The quantitative estimate of drug-likeness (QED) is 0.577. The highest BCUT2D eigenvalue weighted by atomic mass is 32.2. The van der Waals surface area contributed by atoms with Crippen LogP contribution in [0.15, 0.2) is 41.7 Å². The summed E-state index contributed by atoms with van der Waals surface area (Å²) in [7, 11) is -3.82. The van der Waals surface area contributed by atoms with Gasteiger partial charge >= 0.3 is 0 Å². The second kappa shape index (κ2) is 5.64. The number of allylic oxidation sites excluding steroid dienone is 2. The van der Waals surface area contributed by atoms with Crippen LogP contribution in [0.25, 0.3) is 0 Å². The number of hydrogen-bond donors (Lipinski definition) is 0. The Morgan fingerprint density at radius 2 is 1.92 bits per heavy atom. The summed E-state index contributed by atoms with van der Waals surface area (Å²) in [6.07, 6.45) is 1.45. The number of Topliss-reactive ketones (excluding diaryl/α,β-unsaturated/α-hetero) is 1. The first-order chi connectivity index (χ1) is 12.3. The number of ketones is 1. The number of carbonyl (C=O) groups is 1. The fourth-order valence-electron chi connectivity index (χ4n) is 4.68. The summed E-state index contributed by atoms with van der Waals surface area (Å²) in [6.45, 7) is 1.51. The van der Waals surface area contributed by atoms with Gasteiger partial charge in [0.05, 0.1) is 0 Å². The van der Waals surface area contributed by atoms with Crippen LogP contribution in [0.4, 0.5) is 0 Å². The number of fused-ring (bicyclic) bond motifs is 1. The Bertz CT molecular complexity index is 922. The molecule has 1 fully saturated rings. The minimum atomic E-state index is -3.82. The molecule has 2 heterocycles. The zero-order valence-electron chi connectivity index (χ0n) is 14.3. The highest BCUT2D eigenvalue weighted by Crippen LogP contribution is 2.53. The van der Waals surface area contributed by atoms with E-state index >= 15 is 0 Å². The first kappa shape index (κ1) is 17.2. The summed E-state index contributed by atoms with van der Waals surface area (Å²) in [5, 5.41) is 10.5. The van der Waals surface area contributed by atoms with Crippen LogP contribution in [0.2, 0.25) is 0 Å². The maximum absolute atomic E-state index is 13.0. The van der Waals surface area contributed by atoms with Gasteiger partial charge in [0.1, 0.15) is 16.8 Å². The lowest BCUT2D eigenvalue weighted by Crippen LogP contribution is -2.56. The summed E-state index contributed by atoms with van der Waals surface area (Å²) >= 11 is 0. The van der Waals surface area contributed by atoms with Crippen molar-refractivity contribution in [3.63, 3.8) is 0 Å². The average Bonchev–Trinajstić information content (AvgIpc) is 2.80. The topological polar surface area (TPSA) is 104 Å². The molecule has 1 aromatic rings. The van der Waals surface area contributed by atoms with Gasteiger partial charge in [-0.25, -0.2) is 8.42 Å². The van der Waals surface area contributed by atoms with E-state index < -0.39 is 43.3 Å². The van der Waals surface area contributed by atoms with E-state index in [9.17, 15) is 23.3 Å². The molecule has 4 rings (SSSR count). The van der Waals surface area contributed by atoms with Crippen molar-refractivity contribution in [1.82, 2.24) is 0 Å². The molecule has 0 spiro atoms. The standard InChI is InChI=1S/C18H19NO6S/c1-18-14(19(21)22)10-26(23,24)17(18)15(11-6-3-2-4-7-11)16-12(20)8-5-9-13(16)25-18/h2-4,6-7,14-15,17H,5,8-10H2,1H3/t14-,15-,17-,18-/m1/s1. The fourth-order valence-corrected chi connectivity index (χ4v) is 7.40. The number of nitrogens with zero attached hydrogens (tertiary/aromatic N) is 1. The molecule has 0 amide bonds. The summed E-state index contributed by atoms with van der Waals surface area (Å²) in [4.78, 5) is 23.7. The second-order valence-corrected chi connectivity index (χ2v) is 9.51. The van der Waals surface area contributed by atoms with Gasteiger partial charge in [0, 0.05) is 29.3 Å². The van der Waals surface area contributed by atoms with Gasteiger partial charge in [0.2, 0.25) is 0 Å². The SMILES string of the molecule is C[C@]12OC3=C(C(=O)CCC3)[C@@H](c3ccccc3)[C@H]1S(=O)(=O)C[C@H]2[N+](=O)[O-]. The smallest absolute Gasteiger partial charge is 0.266 e. The molecule has 0 bridgehead atoms. The first-order valence-electron chi connectivity index (χ1n) is 8.61. The predicted molar refractivity (Wildman–Crippen MR) is 92.9 cm³/mol. The summed E-state index contributed by atoms with van der Waals surface area (Å²) < 4.78 is 31.9. The Balaban J connectivity index is 1.99. The Hall–Kier alpha value is -2.22. The van der Waals surface area contributed by atoms with Crippen LogP contribution in [0, 0.1) is 10.1 Å². The molecule has 1 saturated heterocycles. The Kier molecular flexibility index (Phi) is 3.73. The first-order valence-corrected chi connectivity index (χ1v) is 10.3. The molecule has 1 aliphatic carbocycles. The van der Waals surface area contributed by atoms with Gasteiger partial charge in [-0.05, 0) is 18.9 Å². The molecule has 0 radical (unpaired) electrons. The van der Waals surface area contributed by atoms with Gasteiger partial charge in [0.25, 0.3) is 6.04 Å². The third-order valence-electron chi connectivity index (χ3n) is 5.78. The fraction of sp³-hybridized carbons (Fsp3) is 0.500. The van der Waals surface area contributed by atoms with Crippen molar-refractivity contribution < 1.29 is 22.9 Å². The second-order valence-electron chi connectivity index (χ2n) is 7.34. The number of hydrogen-bond acceptors (Lipinski definition) is 6. The third-order valence-corrected chi connectivity index (χ3v) is 8.08. The van der Waals surface area contributed by atoms with Crippen LogP contribution < -0.4 is 0 Å². The van der Waals surface area contributed by atoms with Crippen LogP contribution in [0.1, 0.15) is 37.7 Å². The lowest BCUT2D eigenvalue weighted by molar-refractivity contribution is -0.537. The molecule has 3 aliphatic rings. The van der Waals surface area contributed by atoms with Crippen LogP contribution >= 0.6 is 0 Å². The monoisotopic (exact) mass is 377 g/mol. The van der Waals surface area contributed by atoms with Gasteiger partial charge in [-0.3, -0.25) is 14.9 Å². The molecular formula is C18H19NO6S. The van der Waals surface area contributed by atoms with Crippen molar-refractivity contribution >= 4 is 15.6 Å². The van der Waals surface area contributed by atoms with Crippen LogP contribution in [0.5, 0.6) is 0 Å². The van der Waals surface area contributed by atoms with Crippen molar-refractivity contribution in [2.75, 3.05) is 5.75 Å². The van der Waals surface area contributed by atoms with Gasteiger partial charge in [0.15, 0.2) is 21.2 Å². The number of carbonyl (C=O) groups excluding carboxylic acids is 1. The molecule has 8 heteroatoms. The van der Waals surface area contributed by atoms with Crippen molar-refractivity contribution in [1.29, 1.82) is 0 Å². The lowest BCUT2D eigenvalue weighted by atomic mass is 9.73. The van der Waals surface area contributed by atoms with Gasteiger partial charge in [-0.15, -0.1) is 0 Å². The normalized spacial score (nSPS) is 35.4. The third kappa shape index (κ3) is 2.31. The lowest BCUT2D eigenvalue weighted by Gasteiger charge is -2.44. The van der Waals surface area contributed by atoms with Crippen LogP contribution in [-0.2, 0) is 19.4 Å². The van der Waals surface area contributed by atoms with E-state index in [1.54, 1.807) is 24.3 Å². The van der Waals surface area contributed by atoms with E-state index in [-0.39, 0.29) is 5.78 Å². The maximum atomic E-state index is 13.0. The summed E-state index contributed by atoms with van der Waals surface area (Å²) in [5.74, 6) is -0.994. The zero-order valence-corrected chi connectivity index (χ0v) is 15.1. The van der Waals surface area contributed by atoms with Gasteiger partial charge in [-0.1, -0.05) is 30.3 Å². The minimum absolute atomic E-state index is 0.123. The molecule has 26 heavy (non-hydrogen) atoms. The van der Waals surface area contributed by atoms with Gasteiger partial charge in [-0.2, -0.15) is 0 Å². The van der Waals surface area contributed by atoms with E-state index in [0.29, 0.717) is 36.2 Å². The highest BCUT2D eigenvalue weighted by Gasteiger charge is 2.69.